The lowest BCUT2D eigenvalue weighted by molar-refractivity contribution is -0.137. The first-order valence-corrected chi connectivity index (χ1v) is 6.52. The maximum atomic E-state index is 12.4. The van der Waals surface area contributed by atoms with Gasteiger partial charge in [-0.15, -0.1) is 0 Å². The number of alkyl halides is 3. The Balaban J connectivity index is 2.34. The number of rotatable bonds is 6. The number of hydrogen-bond donors (Lipinski definition) is 2. The Labute approximate surface area is 121 Å². The molecule has 1 unspecified atom stereocenters. The lowest BCUT2D eigenvalue weighted by Gasteiger charge is -2.13. The summed E-state index contributed by atoms with van der Waals surface area (Å²) in [6.07, 6.45) is -3.86. The minimum Gasteiger partial charge on any atom is -0.383 e. The maximum Gasteiger partial charge on any atom is 0.416 e. The summed E-state index contributed by atoms with van der Waals surface area (Å²) in [6.45, 7) is 2.56. The fraction of sp³-hybridized carbons (Fsp3) is 0.500. The molecule has 118 valence electrons. The fourth-order valence-corrected chi connectivity index (χ4v) is 1.75. The highest BCUT2D eigenvalue weighted by Crippen LogP contribution is 2.29. The summed E-state index contributed by atoms with van der Waals surface area (Å²) in [7, 11) is 1.54. The molecule has 4 nitrogen and oxygen atoms in total. The normalized spacial score (nSPS) is 12.8. The smallest absolute Gasteiger partial charge is 0.383 e. The number of benzene rings is 1. The van der Waals surface area contributed by atoms with Crippen LogP contribution in [-0.2, 0) is 17.3 Å². The summed E-state index contributed by atoms with van der Waals surface area (Å²) in [4.78, 5) is 11.5. The van der Waals surface area contributed by atoms with Gasteiger partial charge >= 0.3 is 12.2 Å². The topological polar surface area (TPSA) is 50.4 Å². The van der Waals surface area contributed by atoms with Gasteiger partial charge in [0.15, 0.2) is 0 Å². The number of amides is 2. The minimum absolute atomic E-state index is 0.110. The third kappa shape index (κ3) is 6.48. The van der Waals surface area contributed by atoms with E-state index in [1.54, 1.807) is 14.0 Å². The van der Waals surface area contributed by atoms with Crippen LogP contribution in [0.25, 0.3) is 0 Å². The van der Waals surface area contributed by atoms with Gasteiger partial charge in [-0.3, -0.25) is 0 Å². The Kier molecular flexibility index (Phi) is 6.48. The summed E-state index contributed by atoms with van der Waals surface area (Å²) in [5.74, 6) is 0. The summed E-state index contributed by atoms with van der Waals surface area (Å²) >= 11 is 0. The molecule has 0 saturated heterocycles. The summed E-state index contributed by atoms with van der Waals surface area (Å²) in [5.41, 5.74) is 0.0542. The van der Waals surface area contributed by atoms with Crippen molar-refractivity contribution in [3.8, 4) is 0 Å². The molecule has 1 atom stereocenters. The van der Waals surface area contributed by atoms with E-state index >= 15 is 0 Å². The molecular formula is C14H19F3N2O2. The lowest BCUT2D eigenvalue weighted by Crippen LogP contribution is -2.43. The van der Waals surface area contributed by atoms with Gasteiger partial charge in [0.2, 0.25) is 0 Å². The van der Waals surface area contributed by atoms with Gasteiger partial charge in [0.25, 0.3) is 0 Å². The molecule has 2 N–H and O–H groups in total. The molecule has 2 amide bonds. The molecule has 1 aromatic rings. The molecular weight excluding hydrogens is 285 g/mol. The van der Waals surface area contributed by atoms with E-state index in [1.807, 2.05) is 0 Å². The molecule has 1 aromatic carbocycles. The number of methoxy groups -OCH3 is 1. The molecule has 0 heterocycles. The van der Waals surface area contributed by atoms with Crippen LogP contribution >= 0.6 is 0 Å². The van der Waals surface area contributed by atoms with Gasteiger partial charge in [0, 0.05) is 13.7 Å². The van der Waals surface area contributed by atoms with Crippen molar-refractivity contribution in [2.45, 2.75) is 25.6 Å². The zero-order valence-corrected chi connectivity index (χ0v) is 12.0. The van der Waals surface area contributed by atoms with E-state index in [9.17, 15) is 18.0 Å². The second-order valence-corrected chi connectivity index (χ2v) is 4.70. The highest BCUT2D eigenvalue weighted by molar-refractivity contribution is 5.74. The van der Waals surface area contributed by atoms with E-state index in [4.69, 9.17) is 4.74 Å². The number of nitrogens with one attached hydrogen (secondary N) is 2. The Morgan fingerprint density at radius 2 is 1.90 bits per heavy atom. The van der Waals surface area contributed by atoms with Crippen LogP contribution in [0.15, 0.2) is 24.3 Å². The van der Waals surface area contributed by atoms with Crippen molar-refractivity contribution in [1.82, 2.24) is 10.6 Å². The summed E-state index contributed by atoms with van der Waals surface area (Å²) < 4.78 is 42.0. The molecule has 0 radical (unpaired) electrons. The lowest BCUT2D eigenvalue weighted by atomic mass is 10.1. The molecule has 0 aliphatic carbocycles. The first-order valence-electron chi connectivity index (χ1n) is 6.52. The average Bonchev–Trinajstić information content (AvgIpc) is 2.38. The van der Waals surface area contributed by atoms with Gasteiger partial charge in [-0.05, 0) is 31.0 Å². The molecule has 0 aliphatic rings. The van der Waals surface area contributed by atoms with Gasteiger partial charge in [0.1, 0.15) is 0 Å². The monoisotopic (exact) mass is 304 g/mol. The largest absolute Gasteiger partial charge is 0.416 e. The Morgan fingerprint density at radius 1 is 1.29 bits per heavy atom. The molecule has 1 rings (SSSR count). The van der Waals surface area contributed by atoms with Gasteiger partial charge in [-0.2, -0.15) is 13.2 Å². The second-order valence-electron chi connectivity index (χ2n) is 4.70. The minimum atomic E-state index is -4.33. The number of ether oxygens (including phenoxy) is 1. The predicted octanol–water partition coefficient (Wildman–Crippen LogP) is 2.58. The van der Waals surface area contributed by atoms with Crippen molar-refractivity contribution >= 4 is 6.03 Å². The van der Waals surface area contributed by atoms with Crippen molar-refractivity contribution in [3.63, 3.8) is 0 Å². The van der Waals surface area contributed by atoms with Gasteiger partial charge in [-0.1, -0.05) is 12.1 Å². The van der Waals surface area contributed by atoms with Crippen LogP contribution in [0.2, 0.25) is 0 Å². The molecule has 7 heteroatoms. The quantitative estimate of drug-likeness (QED) is 0.848. The van der Waals surface area contributed by atoms with E-state index in [1.165, 1.54) is 12.1 Å². The van der Waals surface area contributed by atoms with Crippen LogP contribution in [0, 0.1) is 0 Å². The average molecular weight is 304 g/mol. The van der Waals surface area contributed by atoms with Crippen LogP contribution in [-0.4, -0.2) is 32.3 Å². The zero-order valence-electron chi connectivity index (χ0n) is 12.0. The van der Waals surface area contributed by atoms with Crippen molar-refractivity contribution in [1.29, 1.82) is 0 Å². The standard InChI is InChI=1S/C14H19F3N2O2/c1-10(9-21-2)19-13(20)18-8-7-11-3-5-12(6-4-11)14(15,16)17/h3-6,10H,7-9H2,1-2H3,(H2,18,19,20). The maximum absolute atomic E-state index is 12.4. The van der Waals surface area contributed by atoms with Gasteiger partial charge < -0.3 is 15.4 Å². The van der Waals surface area contributed by atoms with Crippen molar-refractivity contribution in [3.05, 3.63) is 35.4 Å². The van der Waals surface area contributed by atoms with E-state index in [2.05, 4.69) is 10.6 Å². The Morgan fingerprint density at radius 3 is 2.43 bits per heavy atom. The van der Waals surface area contributed by atoms with Crippen molar-refractivity contribution in [2.75, 3.05) is 20.3 Å². The molecule has 0 bridgehead atoms. The highest BCUT2D eigenvalue weighted by atomic mass is 19.4. The van der Waals surface area contributed by atoms with Gasteiger partial charge in [-0.25, -0.2) is 4.79 Å². The van der Waals surface area contributed by atoms with E-state index in [-0.39, 0.29) is 12.1 Å². The number of carbonyl (C=O) groups is 1. The fourth-order valence-electron chi connectivity index (χ4n) is 1.75. The summed E-state index contributed by atoms with van der Waals surface area (Å²) in [5, 5.41) is 5.31. The third-order valence-corrected chi connectivity index (χ3v) is 2.77. The Hall–Kier alpha value is -1.76. The molecule has 0 spiro atoms. The zero-order chi connectivity index (χ0) is 15.9. The summed E-state index contributed by atoms with van der Waals surface area (Å²) in [6, 6.07) is 4.46. The molecule has 0 aliphatic heterocycles. The van der Waals surface area contributed by atoms with E-state index in [0.29, 0.717) is 19.6 Å². The van der Waals surface area contributed by atoms with Crippen LogP contribution in [0.5, 0.6) is 0 Å². The second kappa shape index (κ2) is 7.87. The first-order chi connectivity index (χ1) is 9.82. The van der Waals surface area contributed by atoms with Crippen LogP contribution in [0.1, 0.15) is 18.1 Å². The SMILES string of the molecule is COCC(C)NC(=O)NCCc1ccc(C(F)(F)F)cc1. The predicted molar refractivity (Wildman–Crippen MR) is 73.0 cm³/mol. The first kappa shape index (κ1) is 17.3. The number of halogens is 3. The van der Waals surface area contributed by atoms with Crippen LogP contribution in [0.3, 0.4) is 0 Å². The van der Waals surface area contributed by atoms with Crippen molar-refractivity contribution < 1.29 is 22.7 Å². The number of carbonyl (C=O) groups excluding carboxylic acids is 1. The molecule has 21 heavy (non-hydrogen) atoms. The van der Waals surface area contributed by atoms with E-state index < -0.39 is 11.7 Å². The third-order valence-electron chi connectivity index (χ3n) is 2.77. The van der Waals surface area contributed by atoms with Crippen LogP contribution < -0.4 is 10.6 Å². The Bertz CT molecular complexity index is 447. The van der Waals surface area contributed by atoms with Gasteiger partial charge in [0.05, 0.1) is 18.2 Å². The number of hydrogen-bond acceptors (Lipinski definition) is 2. The van der Waals surface area contributed by atoms with Crippen LogP contribution in [0.4, 0.5) is 18.0 Å². The van der Waals surface area contributed by atoms with E-state index in [0.717, 1.165) is 17.7 Å². The molecule has 0 saturated carbocycles. The molecule has 0 fully saturated rings. The number of urea groups is 1. The van der Waals surface area contributed by atoms with Crippen molar-refractivity contribution in [2.24, 2.45) is 0 Å². The highest BCUT2D eigenvalue weighted by Gasteiger charge is 2.29. The molecule has 0 aromatic heterocycles.